The van der Waals surface area contributed by atoms with Crippen LogP contribution in [0.25, 0.3) is 0 Å². The van der Waals surface area contributed by atoms with E-state index in [1.165, 1.54) is 0 Å². The second kappa shape index (κ2) is 7.29. The second-order valence-electron chi connectivity index (χ2n) is 5.49. The summed E-state index contributed by atoms with van der Waals surface area (Å²) in [6.07, 6.45) is 5.14. The zero-order valence-corrected chi connectivity index (χ0v) is 11.9. The highest BCUT2D eigenvalue weighted by atomic mass is 16.3. The highest BCUT2D eigenvalue weighted by molar-refractivity contribution is 5.77. The van der Waals surface area contributed by atoms with Gasteiger partial charge in [-0.05, 0) is 49.8 Å². The standard InChI is InChI=1S/C16H24N2O2/c17-14-5-1-4-13(12-14)8-9-16(20)18-10-2-6-15(18)7-3-11-19/h1,4-5,12,15,19H,2-3,6-11,17H2. The van der Waals surface area contributed by atoms with E-state index in [2.05, 4.69) is 0 Å². The van der Waals surface area contributed by atoms with Crippen LogP contribution in [0.1, 0.15) is 37.7 Å². The predicted molar refractivity (Wildman–Crippen MR) is 80.2 cm³/mol. The van der Waals surface area contributed by atoms with Crippen LogP contribution in [0, 0.1) is 0 Å². The van der Waals surface area contributed by atoms with Crippen molar-refractivity contribution >= 4 is 11.6 Å². The van der Waals surface area contributed by atoms with Gasteiger partial charge in [-0.2, -0.15) is 0 Å². The molecule has 1 aromatic carbocycles. The average molecular weight is 276 g/mol. The van der Waals surface area contributed by atoms with Crippen molar-refractivity contribution in [1.29, 1.82) is 0 Å². The van der Waals surface area contributed by atoms with Crippen LogP contribution in [0.15, 0.2) is 24.3 Å². The topological polar surface area (TPSA) is 66.6 Å². The van der Waals surface area contributed by atoms with Gasteiger partial charge < -0.3 is 15.7 Å². The number of benzene rings is 1. The number of likely N-dealkylation sites (tertiary alicyclic amines) is 1. The number of anilines is 1. The van der Waals surface area contributed by atoms with Crippen LogP contribution in [0.2, 0.25) is 0 Å². The van der Waals surface area contributed by atoms with E-state index in [0.717, 1.165) is 49.9 Å². The smallest absolute Gasteiger partial charge is 0.223 e. The maximum Gasteiger partial charge on any atom is 0.223 e. The van der Waals surface area contributed by atoms with Crippen molar-refractivity contribution < 1.29 is 9.90 Å². The maximum absolute atomic E-state index is 12.3. The van der Waals surface area contributed by atoms with Gasteiger partial charge in [-0.3, -0.25) is 4.79 Å². The van der Waals surface area contributed by atoms with Crippen molar-refractivity contribution in [3.8, 4) is 0 Å². The molecule has 0 bridgehead atoms. The molecule has 1 aliphatic heterocycles. The maximum atomic E-state index is 12.3. The Morgan fingerprint density at radius 2 is 2.30 bits per heavy atom. The van der Waals surface area contributed by atoms with E-state index in [1.807, 2.05) is 29.2 Å². The molecule has 1 unspecified atom stereocenters. The fraction of sp³-hybridized carbons (Fsp3) is 0.562. The van der Waals surface area contributed by atoms with E-state index < -0.39 is 0 Å². The van der Waals surface area contributed by atoms with Crippen molar-refractivity contribution in [3.63, 3.8) is 0 Å². The molecule has 2 rings (SSSR count). The van der Waals surface area contributed by atoms with Crippen molar-refractivity contribution in [3.05, 3.63) is 29.8 Å². The van der Waals surface area contributed by atoms with E-state index in [9.17, 15) is 4.79 Å². The summed E-state index contributed by atoms with van der Waals surface area (Å²) in [6, 6.07) is 8.05. The number of hydrogen-bond donors (Lipinski definition) is 2. The first-order chi connectivity index (χ1) is 9.70. The number of nitrogen functional groups attached to an aromatic ring is 1. The second-order valence-corrected chi connectivity index (χ2v) is 5.49. The van der Waals surface area contributed by atoms with Gasteiger partial charge in [0.1, 0.15) is 0 Å². The summed E-state index contributed by atoms with van der Waals surface area (Å²) >= 11 is 0. The van der Waals surface area contributed by atoms with Crippen LogP contribution in [-0.4, -0.2) is 35.1 Å². The fourth-order valence-electron chi connectivity index (χ4n) is 2.93. The van der Waals surface area contributed by atoms with Gasteiger partial charge in [-0.15, -0.1) is 0 Å². The Morgan fingerprint density at radius 3 is 3.05 bits per heavy atom. The van der Waals surface area contributed by atoms with Crippen LogP contribution in [-0.2, 0) is 11.2 Å². The third-order valence-corrected chi connectivity index (χ3v) is 3.97. The van der Waals surface area contributed by atoms with Crippen molar-refractivity contribution in [1.82, 2.24) is 4.90 Å². The average Bonchev–Trinajstić information content (AvgIpc) is 2.91. The van der Waals surface area contributed by atoms with Crippen molar-refractivity contribution in [2.75, 3.05) is 18.9 Å². The lowest BCUT2D eigenvalue weighted by Gasteiger charge is -2.24. The first-order valence-electron chi connectivity index (χ1n) is 7.45. The van der Waals surface area contributed by atoms with E-state index >= 15 is 0 Å². The number of rotatable bonds is 6. The number of aliphatic hydroxyl groups excluding tert-OH is 1. The number of aliphatic hydroxyl groups is 1. The predicted octanol–water partition coefficient (Wildman–Crippen LogP) is 1.96. The van der Waals surface area contributed by atoms with Gasteiger partial charge in [0.25, 0.3) is 0 Å². The molecule has 20 heavy (non-hydrogen) atoms. The lowest BCUT2D eigenvalue weighted by molar-refractivity contribution is -0.132. The molecule has 1 aromatic rings. The Labute approximate surface area is 120 Å². The molecule has 0 saturated carbocycles. The molecule has 1 saturated heterocycles. The minimum absolute atomic E-state index is 0.210. The normalized spacial score (nSPS) is 18.4. The van der Waals surface area contributed by atoms with Gasteiger partial charge >= 0.3 is 0 Å². The minimum Gasteiger partial charge on any atom is -0.399 e. The summed E-state index contributed by atoms with van der Waals surface area (Å²) in [5, 5.41) is 8.91. The van der Waals surface area contributed by atoms with Crippen LogP contribution < -0.4 is 5.73 Å². The lowest BCUT2D eigenvalue weighted by Crippen LogP contribution is -2.35. The van der Waals surface area contributed by atoms with Crippen LogP contribution >= 0.6 is 0 Å². The molecule has 1 amide bonds. The number of carbonyl (C=O) groups excluding carboxylic acids is 1. The highest BCUT2D eigenvalue weighted by Gasteiger charge is 2.27. The Hall–Kier alpha value is -1.55. The highest BCUT2D eigenvalue weighted by Crippen LogP contribution is 2.22. The molecule has 1 heterocycles. The number of nitrogens with two attached hydrogens (primary N) is 1. The summed E-state index contributed by atoms with van der Waals surface area (Å²) in [5.41, 5.74) is 7.61. The quantitative estimate of drug-likeness (QED) is 0.781. The fourth-order valence-corrected chi connectivity index (χ4v) is 2.93. The van der Waals surface area contributed by atoms with Gasteiger partial charge in [-0.1, -0.05) is 12.1 Å². The Balaban J connectivity index is 1.84. The Bertz CT molecular complexity index is 448. The van der Waals surface area contributed by atoms with Gasteiger partial charge in [0, 0.05) is 31.3 Å². The largest absolute Gasteiger partial charge is 0.399 e. The monoisotopic (exact) mass is 276 g/mol. The number of hydrogen-bond acceptors (Lipinski definition) is 3. The molecule has 110 valence electrons. The number of amides is 1. The Morgan fingerprint density at radius 1 is 1.45 bits per heavy atom. The van der Waals surface area contributed by atoms with Gasteiger partial charge in [0.2, 0.25) is 5.91 Å². The first-order valence-corrected chi connectivity index (χ1v) is 7.45. The number of nitrogens with zero attached hydrogens (tertiary/aromatic N) is 1. The van der Waals surface area contributed by atoms with Crippen LogP contribution in [0.3, 0.4) is 0 Å². The van der Waals surface area contributed by atoms with E-state index in [0.29, 0.717) is 12.5 Å². The molecular weight excluding hydrogens is 252 g/mol. The molecule has 1 aliphatic rings. The molecule has 3 N–H and O–H groups in total. The van der Waals surface area contributed by atoms with E-state index in [1.54, 1.807) is 0 Å². The summed E-state index contributed by atoms with van der Waals surface area (Å²) < 4.78 is 0. The third kappa shape index (κ3) is 3.97. The molecule has 1 atom stereocenters. The van der Waals surface area contributed by atoms with E-state index in [4.69, 9.17) is 10.8 Å². The molecule has 0 spiro atoms. The van der Waals surface area contributed by atoms with Crippen LogP contribution in [0.5, 0.6) is 0 Å². The van der Waals surface area contributed by atoms with Gasteiger partial charge in [-0.25, -0.2) is 0 Å². The van der Waals surface area contributed by atoms with Crippen molar-refractivity contribution in [2.45, 2.75) is 44.6 Å². The van der Waals surface area contributed by atoms with Crippen molar-refractivity contribution in [2.24, 2.45) is 0 Å². The van der Waals surface area contributed by atoms with Crippen LogP contribution in [0.4, 0.5) is 5.69 Å². The van der Waals surface area contributed by atoms with Gasteiger partial charge in [0.05, 0.1) is 0 Å². The Kier molecular flexibility index (Phi) is 5.41. The zero-order valence-electron chi connectivity index (χ0n) is 11.9. The molecule has 0 aliphatic carbocycles. The summed E-state index contributed by atoms with van der Waals surface area (Å²) in [4.78, 5) is 14.3. The molecule has 4 heteroatoms. The molecular formula is C16H24N2O2. The summed E-state index contributed by atoms with van der Waals surface area (Å²) in [7, 11) is 0. The summed E-state index contributed by atoms with van der Waals surface area (Å²) in [6.45, 7) is 1.08. The third-order valence-electron chi connectivity index (χ3n) is 3.97. The SMILES string of the molecule is Nc1cccc(CCC(=O)N2CCCC2CCCO)c1. The van der Waals surface area contributed by atoms with Gasteiger partial charge in [0.15, 0.2) is 0 Å². The first kappa shape index (κ1) is 14.9. The lowest BCUT2D eigenvalue weighted by atomic mass is 10.1. The molecule has 0 radical (unpaired) electrons. The number of aryl methyl sites for hydroxylation is 1. The number of carbonyl (C=O) groups is 1. The minimum atomic E-state index is 0.210. The molecule has 0 aromatic heterocycles. The summed E-state index contributed by atoms with van der Waals surface area (Å²) in [5.74, 6) is 0.230. The molecule has 1 fully saturated rings. The molecule has 4 nitrogen and oxygen atoms in total. The van der Waals surface area contributed by atoms with E-state index in [-0.39, 0.29) is 12.5 Å². The zero-order chi connectivity index (χ0) is 14.4.